The Balaban J connectivity index is 2.92. The molecule has 5 heteroatoms. The average Bonchev–Trinajstić information content (AvgIpc) is 2.62. The zero-order chi connectivity index (χ0) is 10.6. The highest BCUT2D eigenvalue weighted by molar-refractivity contribution is 7.16. The molecule has 0 spiro atoms. The summed E-state index contributed by atoms with van der Waals surface area (Å²) >= 11 is 1.07. The largest absolute Gasteiger partial charge is 0.324 e. The van der Waals surface area contributed by atoms with E-state index in [1.165, 1.54) is 6.07 Å². The maximum Gasteiger partial charge on any atom is 0.324 e. The molecule has 0 aromatic carbocycles. The Morgan fingerprint density at radius 1 is 1.64 bits per heavy atom. The molecule has 0 atom stereocenters. The van der Waals surface area contributed by atoms with Crippen LogP contribution >= 0.6 is 11.3 Å². The van der Waals surface area contributed by atoms with Gasteiger partial charge < -0.3 is 0 Å². The molecule has 0 aliphatic carbocycles. The Hall–Kier alpha value is -1.49. The van der Waals surface area contributed by atoms with Gasteiger partial charge in [0, 0.05) is 10.9 Å². The van der Waals surface area contributed by atoms with Crippen LogP contribution in [0.1, 0.15) is 18.2 Å². The van der Waals surface area contributed by atoms with E-state index in [1.807, 2.05) is 6.92 Å². The first-order chi connectivity index (χ1) is 6.67. The molecule has 0 fully saturated rings. The number of nitrogens with zero attached hydrogens (tertiary/aromatic N) is 1. The number of carbonyl (C=O) groups excluding carboxylic acids is 1. The summed E-state index contributed by atoms with van der Waals surface area (Å²) in [6.07, 6.45) is 3.07. The summed E-state index contributed by atoms with van der Waals surface area (Å²) in [6, 6.07) is 3.08. The highest BCUT2D eigenvalue weighted by Gasteiger charge is 2.08. The quantitative estimate of drug-likeness (QED) is 0.333. The third kappa shape index (κ3) is 2.50. The Labute approximate surface area is 85.0 Å². The second-order valence-electron chi connectivity index (χ2n) is 2.62. The first kappa shape index (κ1) is 10.6. The Bertz CT molecular complexity index is 381. The number of thiophene rings is 1. The smallest absolute Gasteiger partial charge is 0.298 e. The summed E-state index contributed by atoms with van der Waals surface area (Å²) < 4.78 is 0. The first-order valence-corrected chi connectivity index (χ1v) is 4.89. The van der Waals surface area contributed by atoms with Crippen LogP contribution in [0.4, 0.5) is 5.00 Å². The Morgan fingerprint density at radius 3 is 2.79 bits per heavy atom. The predicted octanol–water partition coefficient (Wildman–Crippen LogP) is 2.65. The van der Waals surface area contributed by atoms with Gasteiger partial charge in [0.1, 0.15) is 6.29 Å². The lowest BCUT2D eigenvalue weighted by Crippen LogP contribution is -1.81. The van der Waals surface area contributed by atoms with Crippen molar-refractivity contribution in [2.75, 3.05) is 0 Å². The molecule has 14 heavy (non-hydrogen) atoms. The molecule has 1 rings (SSSR count). The monoisotopic (exact) mass is 211 g/mol. The molecule has 1 aromatic heterocycles. The summed E-state index contributed by atoms with van der Waals surface area (Å²) in [5.41, 5.74) is 0.641. The second-order valence-corrected chi connectivity index (χ2v) is 3.72. The molecule has 0 radical (unpaired) electrons. The summed E-state index contributed by atoms with van der Waals surface area (Å²) in [7, 11) is 0. The molecular formula is C9H9NO3S. The number of aldehydes is 1. The van der Waals surface area contributed by atoms with Gasteiger partial charge in [-0.1, -0.05) is 18.3 Å². The minimum absolute atomic E-state index is 0.0950. The zero-order valence-corrected chi connectivity index (χ0v) is 8.41. The van der Waals surface area contributed by atoms with Crippen LogP contribution in [0.25, 0.3) is 6.08 Å². The maximum absolute atomic E-state index is 10.5. The lowest BCUT2D eigenvalue weighted by atomic mass is 10.2. The fourth-order valence-corrected chi connectivity index (χ4v) is 1.72. The molecule has 4 nitrogen and oxygen atoms in total. The van der Waals surface area contributed by atoms with Gasteiger partial charge >= 0.3 is 5.00 Å². The van der Waals surface area contributed by atoms with Gasteiger partial charge in [0.05, 0.1) is 4.92 Å². The van der Waals surface area contributed by atoms with Crippen LogP contribution in [-0.2, 0) is 4.79 Å². The molecule has 0 aliphatic heterocycles. The number of hydrogen-bond donors (Lipinski definition) is 0. The van der Waals surface area contributed by atoms with Crippen molar-refractivity contribution in [3.8, 4) is 0 Å². The van der Waals surface area contributed by atoms with Crippen molar-refractivity contribution in [1.82, 2.24) is 0 Å². The van der Waals surface area contributed by atoms with Crippen LogP contribution in [0.3, 0.4) is 0 Å². The van der Waals surface area contributed by atoms with Gasteiger partial charge in [-0.25, -0.2) is 0 Å². The van der Waals surface area contributed by atoms with Crippen molar-refractivity contribution in [2.45, 2.75) is 13.3 Å². The van der Waals surface area contributed by atoms with E-state index >= 15 is 0 Å². The predicted molar refractivity (Wildman–Crippen MR) is 55.3 cm³/mol. The van der Waals surface area contributed by atoms with Crippen LogP contribution in [0.2, 0.25) is 0 Å². The third-order valence-electron chi connectivity index (χ3n) is 1.68. The van der Waals surface area contributed by atoms with Gasteiger partial charge in [0.25, 0.3) is 0 Å². The van der Waals surface area contributed by atoms with E-state index < -0.39 is 4.92 Å². The molecule has 1 heterocycles. The molecule has 1 aromatic rings. The highest BCUT2D eigenvalue weighted by Crippen LogP contribution is 2.25. The van der Waals surface area contributed by atoms with Crippen LogP contribution < -0.4 is 0 Å². The topological polar surface area (TPSA) is 60.2 Å². The Kier molecular flexibility index (Phi) is 3.53. The molecule has 0 saturated heterocycles. The first-order valence-electron chi connectivity index (χ1n) is 4.07. The number of hydrogen-bond acceptors (Lipinski definition) is 4. The SMILES string of the molecule is CC/C(C=O)=C/c1ccc([N+](=O)[O-])s1. The third-order valence-corrected chi connectivity index (χ3v) is 2.66. The highest BCUT2D eigenvalue weighted by atomic mass is 32.1. The summed E-state index contributed by atoms with van der Waals surface area (Å²) in [4.78, 5) is 21.1. The summed E-state index contributed by atoms with van der Waals surface area (Å²) in [5, 5.41) is 10.5. The van der Waals surface area contributed by atoms with Gasteiger partial charge in [0.15, 0.2) is 0 Å². The van der Waals surface area contributed by atoms with Crippen molar-refractivity contribution < 1.29 is 9.72 Å². The van der Waals surface area contributed by atoms with Crippen molar-refractivity contribution in [3.05, 3.63) is 32.7 Å². The standard InChI is InChI=1S/C9H9NO3S/c1-2-7(6-11)5-8-3-4-9(14-8)10(12)13/h3-6H,2H2,1H3/b7-5-. The average molecular weight is 211 g/mol. The van der Waals surface area contributed by atoms with Crippen molar-refractivity contribution >= 4 is 28.7 Å². The lowest BCUT2D eigenvalue weighted by Gasteiger charge is -1.89. The van der Waals surface area contributed by atoms with E-state index in [1.54, 1.807) is 12.1 Å². The van der Waals surface area contributed by atoms with E-state index in [4.69, 9.17) is 0 Å². The molecule has 0 amide bonds. The van der Waals surface area contributed by atoms with Crippen LogP contribution in [0, 0.1) is 10.1 Å². The van der Waals surface area contributed by atoms with Gasteiger partial charge in [-0.3, -0.25) is 14.9 Å². The molecule has 0 aliphatic rings. The molecule has 74 valence electrons. The normalized spacial score (nSPS) is 11.4. The van der Waals surface area contributed by atoms with Crippen LogP contribution in [0.5, 0.6) is 0 Å². The van der Waals surface area contributed by atoms with Crippen molar-refractivity contribution in [1.29, 1.82) is 0 Å². The summed E-state index contributed by atoms with van der Waals surface area (Å²) in [5.74, 6) is 0. The van der Waals surface area contributed by atoms with Crippen molar-refractivity contribution in [3.63, 3.8) is 0 Å². The zero-order valence-electron chi connectivity index (χ0n) is 7.60. The molecule has 0 saturated carbocycles. The van der Waals surface area contributed by atoms with Crippen LogP contribution in [-0.4, -0.2) is 11.2 Å². The van der Waals surface area contributed by atoms with E-state index in [0.29, 0.717) is 12.0 Å². The minimum atomic E-state index is -0.436. The molecule has 0 bridgehead atoms. The fraction of sp³-hybridized carbons (Fsp3) is 0.222. The number of rotatable bonds is 4. The van der Waals surface area contributed by atoms with Crippen LogP contribution in [0.15, 0.2) is 17.7 Å². The number of carbonyl (C=O) groups is 1. The molecular weight excluding hydrogens is 202 g/mol. The van der Waals surface area contributed by atoms with Gasteiger partial charge in [-0.15, -0.1) is 0 Å². The summed E-state index contributed by atoms with van der Waals surface area (Å²) in [6.45, 7) is 1.86. The van der Waals surface area contributed by atoms with Gasteiger partial charge in [-0.05, 0) is 24.1 Å². The fourth-order valence-electron chi connectivity index (χ4n) is 0.920. The van der Waals surface area contributed by atoms with Gasteiger partial charge in [-0.2, -0.15) is 0 Å². The second kappa shape index (κ2) is 4.66. The van der Waals surface area contributed by atoms with Crippen molar-refractivity contribution in [2.24, 2.45) is 0 Å². The lowest BCUT2D eigenvalue weighted by molar-refractivity contribution is -0.380. The van der Waals surface area contributed by atoms with E-state index in [2.05, 4.69) is 0 Å². The van der Waals surface area contributed by atoms with Gasteiger partial charge in [0.2, 0.25) is 0 Å². The molecule has 0 N–H and O–H groups in total. The maximum atomic E-state index is 10.5. The van der Waals surface area contributed by atoms with E-state index in [-0.39, 0.29) is 5.00 Å². The van der Waals surface area contributed by atoms with E-state index in [0.717, 1.165) is 22.5 Å². The van der Waals surface area contributed by atoms with E-state index in [9.17, 15) is 14.9 Å². The number of nitro groups is 1. The Morgan fingerprint density at radius 2 is 2.36 bits per heavy atom. The number of allylic oxidation sites excluding steroid dienone is 1. The molecule has 0 unspecified atom stereocenters. The minimum Gasteiger partial charge on any atom is -0.298 e.